The van der Waals surface area contributed by atoms with E-state index in [-0.39, 0.29) is 5.91 Å². The van der Waals surface area contributed by atoms with Gasteiger partial charge in [-0.05, 0) is 55.8 Å². The van der Waals surface area contributed by atoms with Crippen LogP contribution in [0.4, 0.5) is 5.69 Å². The molecule has 1 amide bonds. The Labute approximate surface area is 192 Å². The average Bonchev–Trinajstić information content (AvgIpc) is 3.28. The largest absolute Gasteiger partial charge is 0.436 e. The first-order chi connectivity index (χ1) is 14.9. The number of carbonyl (C=O) groups is 1. The summed E-state index contributed by atoms with van der Waals surface area (Å²) in [7, 11) is 0. The SMILES string of the molecule is Cc1ccc(-c2nc3cc(NC(=O)c4sc5cc(Cl)ccc5c4Cl)ccc3o2)c(C)c1. The summed E-state index contributed by atoms with van der Waals surface area (Å²) < 4.78 is 6.80. The number of hydrogen-bond donors (Lipinski definition) is 1. The van der Waals surface area contributed by atoms with Gasteiger partial charge in [-0.25, -0.2) is 4.98 Å². The number of aryl methyl sites for hydroxylation is 2. The third-order valence-corrected chi connectivity index (χ3v) is 6.95. The van der Waals surface area contributed by atoms with Crippen molar-refractivity contribution in [2.75, 3.05) is 5.32 Å². The molecule has 154 valence electrons. The second kappa shape index (κ2) is 7.68. The molecule has 0 unspecified atom stereocenters. The van der Waals surface area contributed by atoms with Gasteiger partial charge in [0, 0.05) is 26.4 Å². The first kappa shape index (κ1) is 20.1. The molecular formula is C24H16Cl2N2O2S. The number of nitrogens with one attached hydrogen (secondary N) is 1. The number of carbonyl (C=O) groups excluding carboxylic acids is 1. The van der Waals surface area contributed by atoms with Crippen molar-refractivity contribution in [2.45, 2.75) is 13.8 Å². The van der Waals surface area contributed by atoms with Gasteiger partial charge in [0.25, 0.3) is 5.91 Å². The van der Waals surface area contributed by atoms with Crippen LogP contribution in [0.1, 0.15) is 20.8 Å². The van der Waals surface area contributed by atoms with Crippen molar-refractivity contribution in [3.8, 4) is 11.5 Å². The number of fused-ring (bicyclic) bond motifs is 2. The molecule has 3 aromatic carbocycles. The number of aromatic nitrogens is 1. The molecule has 0 atom stereocenters. The average molecular weight is 467 g/mol. The van der Waals surface area contributed by atoms with Gasteiger partial charge >= 0.3 is 0 Å². The monoisotopic (exact) mass is 466 g/mol. The fourth-order valence-electron chi connectivity index (χ4n) is 3.55. The quantitative estimate of drug-likeness (QED) is 0.294. The van der Waals surface area contributed by atoms with Gasteiger partial charge in [0.1, 0.15) is 10.4 Å². The molecule has 0 saturated carbocycles. The Hall–Kier alpha value is -2.86. The molecule has 0 radical (unpaired) electrons. The lowest BCUT2D eigenvalue weighted by Crippen LogP contribution is -2.10. The van der Waals surface area contributed by atoms with Crippen LogP contribution in [0.25, 0.3) is 32.6 Å². The van der Waals surface area contributed by atoms with Crippen LogP contribution >= 0.6 is 34.5 Å². The third-order valence-electron chi connectivity index (χ3n) is 5.06. The minimum absolute atomic E-state index is 0.278. The molecule has 0 spiro atoms. The summed E-state index contributed by atoms with van der Waals surface area (Å²) in [5.41, 5.74) is 5.17. The van der Waals surface area contributed by atoms with Gasteiger partial charge in [-0.2, -0.15) is 0 Å². The summed E-state index contributed by atoms with van der Waals surface area (Å²) in [5.74, 6) is 0.278. The van der Waals surface area contributed by atoms with Gasteiger partial charge < -0.3 is 9.73 Å². The normalized spacial score (nSPS) is 11.4. The van der Waals surface area contributed by atoms with E-state index in [1.54, 1.807) is 30.3 Å². The Bertz CT molecular complexity index is 1490. The number of thiophene rings is 1. The van der Waals surface area contributed by atoms with E-state index in [1.165, 1.54) is 16.9 Å². The van der Waals surface area contributed by atoms with Crippen LogP contribution in [0.15, 0.2) is 59.0 Å². The van der Waals surface area contributed by atoms with Crippen LogP contribution in [0.3, 0.4) is 0 Å². The molecule has 0 aliphatic rings. The van der Waals surface area contributed by atoms with Crippen LogP contribution in [-0.4, -0.2) is 10.9 Å². The number of benzene rings is 3. The zero-order valence-corrected chi connectivity index (χ0v) is 19.0. The molecule has 4 nitrogen and oxygen atoms in total. The standard InChI is InChI=1S/C24H16Cl2N2O2S/c1-12-3-6-16(13(2)9-12)24-28-18-11-15(5-8-19(18)30-24)27-23(29)22-21(26)17-7-4-14(25)10-20(17)31-22/h3-11H,1-2H3,(H,27,29). The highest BCUT2D eigenvalue weighted by Gasteiger charge is 2.18. The molecule has 7 heteroatoms. The Kier molecular flexibility index (Phi) is 4.97. The van der Waals surface area contributed by atoms with Crippen LogP contribution in [0.2, 0.25) is 10.0 Å². The molecule has 2 heterocycles. The van der Waals surface area contributed by atoms with E-state index in [4.69, 9.17) is 27.6 Å². The van der Waals surface area contributed by atoms with Crippen LogP contribution in [-0.2, 0) is 0 Å². The molecule has 0 fully saturated rings. The van der Waals surface area contributed by atoms with Gasteiger partial charge in [0.2, 0.25) is 5.89 Å². The van der Waals surface area contributed by atoms with E-state index in [0.717, 1.165) is 21.2 Å². The summed E-state index contributed by atoms with van der Waals surface area (Å²) in [6.45, 7) is 4.08. The highest BCUT2D eigenvalue weighted by atomic mass is 35.5. The fraction of sp³-hybridized carbons (Fsp3) is 0.0833. The highest BCUT2D eigenvalue weighted by molar-refractivity contribution is 7.21. The summed E-state index contributed by atoms with van der Waals surface area (Å²) in [4.78, 5) is 17.9. The smallest absolute Gasteiger partial charge is 0.267 e. The van der Waals surface area contributed by atoms with Crippen LogP contribution in [0.5, 0.6) is 0 Å². The Morgan fingerprint density at radius 1 is 1.03 bits per heavy atom. The van der Waals surface area contributed by atoms with Gasteiger partial charge in [-0.15, -0.1) is 11.3 Å². The highest BCUT2D eigenvalue weighted by Crippen LogP contribution is 2.37. The van der Waals surface area contributed by atoms with E-state index in [2.05, 4.69) is 23.3 Å². The summed E-state index contributed by atoms with van der Waals surface area (Å²) in [5, 5.41) is 4.75. The van der Waals surface area contributed by atoms with Gasteiger partial charge in [-0.1, -0.05) is 47.0 Å². The third kappa shape index (κ3) is 3.69. The Morgan fingerprint density at radius 2 is 1.87 bits per heavy atom. The maximum atomic E-state index is 12.9. The Balaban J connectivity index is 1.46. The first-order valence-corrected chi connectivity index (χ1v) is 11.1. The van der Waals surface area contributed by atoms with Crippen molar-refractivity contribution < 1.29 is 9.21 Å². The zero-order chi connectivity index (χ0) is 21.7. The van der Waals surface area contributed by atoms with Gasteiger partial charge in [0.15, 0.2) is 5.58 Å². The van der Waals surface area contributed by atoms with E-state index in [9.17, 15) is 4.79 Å². The summed E-state index contributed by atoms with van der Waals surface area (Å²) in [6, 6.07) is 16.9. The van der Waals surface area contributed by atoms with Crippen molar-refractivity contribution in [2.24, 2.45) is 0 Å². The number of anilines is 1. The van der Waals surface area contributed by atoms with Crippen LogP contribution < -0.4 is 5.32 Å². The zero-order valence-electron chi connectivity index (χ0n) is 16.6. The van der Waals surface area contributed by atoms with Crippen molar-refractivity contribution in [3.63, 3.8) is 0 Å². The van der Waals surface area contributed by atoms with Crippen molar-refractivity contribution >= 4 is 67.3 Å². The maximum absolute atomic E-state index is 12.9. The lowest BCUT2D eigenvalue weighted by Gasteiger charge is -2.03. The van der Waals surface area contributed by atoms with E-state index in [0.29, 0.717) is 37.6 Å². The number of nitrogens with zero attached hydrogens (tertiary/aromatic N) is 1. The fourth-order valence-corrected chi connectivity index (χ4v) is 5.24. The number of hydrogen-bond acceptors (Lipinski definition) is 4. The molecular weight excluding hydrogens is 451 g/mol. The molecule has 0 bridgehead atoms. The number of amides is 1. The summed E-state index contributed by atoms with van der Waals surface area (Å²) >= 11 is 13.8. The minimum atomic E-state index is -0.278. The van der Waals surface area contributed by atoms with Gasteiger partial charge in [0.05, 0.1) is 5.02 Å². The van der Waals surface area contributed by atoms with E-state index < -0.39 is 0 Å². The molecule has 0 saturated heterocycles. The Morgan fingerprint density at radius 3 is 2.68 bits per heavy atom. The van der Waals surface area contributed by atoms with E-state index in [1.807, 2.05) is 25.1 Å². The number of oxazole rings is 1. The second-order valence-electron chi connectivity index (χ2n) is 7.36. The molecule has 5 rings (SSSR count). The van der Waals surface area contributed by atoms with Gasteiger partial charge in [-0.3, -0.25) is 4.79 Å². The molecule has 31 heavy (non-hydrogen) atoms. The van der Waals surface area contributed by atoms with Crippen molar-refractivity contribution in [1.29, 1.82) is 0 Å². The first-order valence-electron chi connectivity index (χ1n) is 9.56. The topological polar surface area (TPSA) is 55.1 Å². The van der Waals surface area contributed by atoms with Crippen LogP contribution in [0, 0.1) is 13.8 Å². The maximum Gasteiger partial charge on any atom is 0.267 e. The summed E-state index contributed by atoms with van der Waals surface area (Å²) in [6.07, 6.45) is 0. The molecule has 0 aliphatic carbocycles. The van der Waals surface area contributed by atoms with Crippen molar-refractivity contribution in [3.05, 3.63) is 80.6 Å². The lowest BCUT2D eigenvalue weighted by atomic mass is 10.1. The molecule has 0 aliphatic heterocycles. The predicted octanol–water partition coefficient (Wildman–Crippen LogP) is 7.89. The second-order valence-corrected chi connectivity index (χ2v) is 9.23. The van der Waals surface area contributed by atoms with Crippen molar-refractivity contribution in [1.82, 2.24) is 4.98 Å². The number of halogens is 2. The molecule has 1 N–H and O–H groups in total. The lowest BCUT2D eigenvalue weighted by molar-refractivity contribution is 0.103. The predicted molar refractivity (Wildman–Crippen MR) is 129 cm³/mol. The number of rotatable bonds is 3. The molecule has 2 aromatic heterocycles. The molecule has 5 aromatic rings. The minimum Gasteiger partial charge on any atom is -0.436 e. The van der Waals surface area contributed by atoms with E-state index >= 15 is 0 Å².